The van der Waals surface area contributed by atoms with Crippen LogP contribution in [0, 0.1) is 0 Å². The highest BCUT2D eigenvalue weighted by Crippen LogP contribution is 2.46. The zero-order valence-corrected chi connectivity index (χ0v) is 23.0. The van der Waals surface area contributed by atoms with Crippen LogP contribution in [0.2, 0.25) is 0 Å². The van der Waals surface area contributed by atoms with Crippen LogP contribution in [0.5, 0.6) is 5.75 Å². The van der Waals surface area contributed by atoms with E-state index in [9.17, 15) is 0 Å². The van der Waals surface area contributed by atoms with E-state index < -0.39 is 0 Å². The van der Waals surface area contributed by atoms with E-state index in [1.165, 1.54) is 31.2 Å². The third kappa shape index (κ3) is 3.79. The maximum atomic E-state index is 5.50. The molecule has 0 amide bonds. The fourth-order valence-electron chi connectivity index (χ4n) is 4.74. The fourth-order valence-corrected chi connectivity index (χ4v) is 8.02. The van der Waals surface area contributed by atoms with Gasteiger partial charge in [-0.3, -0.25) is 0 Å². The average Bonchev–Trinajstić information content (AvgIpc) is 3.55. The monoisotopic (exact) mass is 539 g/mol. The Morgan fingerprint density at radius 3 is 2.11 bits per heavy atom. The van der Waals surface area contributed by atoms with Crippen molar-refractivity contribution >= 4 is 73.6 Å². The van der Waals surface area contributed by atoms with E-state index >= 15 is 0 Å². The summed E-state index contributed by atoms with van der Waals surface area (Å²) < 4.78 is 8.90. The van der Waals surface area contributed by atoms with Crippen LogP contribution in [-0.4, -0.2) is 26.2 Å². The third-order valence-corrected chi connectivity index (χ3v) is 10.0. The topological polar surface area (TPSA) is 32.7 Å². The summed E-state index contributed by atoms with van der Waals surface area (Å²) in [6.45, 7) is 0. The lowest BCUT2D eigenvalue weighted by atomic mass is 10.2. The molecular formula is C29H23N4OS3+. The number of benzene rings is 3. The number of ether oxygens (including phenoxy) is 1. The molecule has 5 nitrogen and oxygen atoms in total. The summed E-state index contributed by atoms with van der Waals surface area (Å²) in [5.74, 6) is 0.852. The Balaban J connectivity index is 1.40. The molecule has 4 heterocycles. The molecule has 0 saturated carbocycles. The second-order valence-corrected chi connectivity index (χ2v) is 12.0. The molecule has 0 saturated heterocycles. The lowest BCUT2D eigenvalue weighted by Crippen LogP contribution is -2.26. The van der Waals surface area contributed by atoms with Gasteiger partial charge in [0.2, 0.25) is 0 Å². The third-order valence-electron chi connectivity index (χ3n) is 6.67. The molecule has 8 heteroatoms. The zero-order chi connectivity index (χ0) is 25.1. The number of hydrogen-bond donors (Lipinski definition) is 0. The van der Waals surface area contributed by atoms with Crippen molar-refractivity contribution in [1.29, 1.82) is 0 Å². The molecule has 0 aliphatic carbocycles. The summed E-state index contributed by atoms with van der Waals surface area (Å²) in [6.07, 6.45) is 4.47. The van der Waals surface area contributed by atoms with Crippen molar-refractivity contribution < 1.29 is 9.14 Å². The molecule has 2 aromatic heterocycles. The van der Waals surface area contributed by atoms with Gasteiger partial charge >= 0.3 is 4.96 Å². The molecule has 5 aromatic rings. The Morgan fingerprint density at radius 1 is 0.811 bits per heavy atom. The number of rotatable bonds is 3. The van der Waals surface area contributed by atoms with E-state index in [0.717, 1.165) is 32.3 Å². The van der Waals surface area contributed by atoms with Crippen LogP contribution in [0.15, 0.2) is 92.6 Å². The number of nitrogens with zero attached hydrogens (tertiary/aromatic N) is 4. The summed E-state index contributed by atoms with van der Waals surface area (Å²) in [5.41, 5.74) is 5.63. The molecule has 7 rings (SSSR count). The summed E-state index contributed by atoms with van der Waals surface area (Å²) in [7, 11) is 5.96. The van der Waals surface area contributed by atoms with Gasteiger partial charge in [0.05, 0.1) is 33.2 Å². The lowest BCUT2D eigenvalue weighted by Gasteiger charge is -2.13. The average molecular weight is 540 g/mol. The van der Waals surface area contributed by atoms with Crippen LogP contribution in [0.1, 0.15) is 11.4 Å². The summed E-state index contributed by atoms with van der Waals surface area (Å²) in [6, 6.07) is 25.5. The molecule has 2 aliphatic heterocycles. The van der Waals surface area contributed by atoms with Gasteiger partial charge < -0.3 is 14.5 Å². The van der Waals surface area contributed by atoms with E-state index in [0.29, 0.717) is 0 Å². The number of methoxy groups -OCH3 is 1. The Bertz CT molecular complexity index is 1770. The molecule has 182 valence electrons. The second-order valence-electron chi connectivity index (χ2n) is 8.88. The van der Waals surface area contributed by atoms with Gasteiger partial charge in [0, 0.05) is 48.2 Å². The second kappa shape index (κ2) is 8.83. The molecule has 0 fully saturated rings. The molecule has 0 spiro atoms. The normalized spacial score (nSPS) is 16.8. The SMILES string of the molecule is COc1ccc2c(c1)sc1nc(/C=C3/Sc4ccccc4N3C)cc(/C=C3\Sc4ccccc4N3C)[n+]12. The van der Waals surface area contributed by atoms with Crippen molar-refractivity contribution in [2.75, 3.05) is 31.0 Å². The van der Waals surface area contributed by atoms with Crippen molar-refractivity contribution in [3.63, 3.8) is 0 Å². The quantitative estimate of drug-likeness (QED) is 0.227. The van der Waals surface area contributed by atoms with E-state index in [1.54, 1.807) is 42.0 Å². The molecule has 0 atom stereocenters. The first-order valence-electron chi connectivity index (χ1n) is 11.9. The number of para-hydroxylation sites is 2. The van der Waals surface area contributed by atoms with Crippen LogP contribution in [0.4, 0.5) is 11.4 Å². The molecular weight excluding hydrogens is 517 g/mol. The maximum absolute atomic E-state index is 5.50. The largest absolute Gasteiger partial charge is 0.497 e. The Labute approximate surface area is 227 Å². The molecule has 3 aromatic carbocycles. The van der Waals surface area contributed by atoms with Crippen LogP contribution < -0.4 is 18.9 Å². The van der Waals surface area contributed by atoms with Crippen LogP contribution in [-0.2, 0) is 0 Å². The van der Waals surface area contributed by atoms with Crippen LogP contribution in [0.3, 0.4) is 0 Å². The van der Waals surface area contributed by atoms with Gasteiger partial charge in [0.15, 0.2) is 11.2 Å². The summed E-state index contributed by atoms with van der Waals surface area (Å²) in [4.78, 5) is 13.1. The highest BCUT2D eigenvalue weighted by atomic mass is 32.2. The van der Waals surface area contributed by atoms with Crippen molar-refractivity contribution in [3.8, 4) is 5.75 Å². The Morgan fingerprint density at radius 2 is 1.46 bits per heavy atom. The first kappa shape index (κ1) is 22.7. The summed E-state index contributed by atoms with van der Waals surface area (Å²) in [5, 5.41) is 2.35. The van der Waals surface area contributed by atoms with Gasteiger partial charge in [-0.05, 0) is 52.7 Å². The lowest BCUT2D eigenvalue weighted by molar-refractivity contribution is -0.482. The van der Waals surface area contributed by atoms with Crippen LogP contribution >= 0.6 is 34.9 Å². The smallest absolute Gasteiger partial charge is 0.389 e. The predicted octanol–water partition coefficient (Wildman–Crippen LogP) is 7.12. The molecule has 0 unspecified atom stereocenters. The van der Waals surface area contributed by atoms with Gasteiger partial charge in [-0.2, -0.15) is 4.40 Å². The number of fused-ring (bicyclic) bond motifs is 5. The van der Waals surface area contributed by atoms with Crippen molar-refractivity contribution in [1.82, 2.24) is 4.98 Å². The molecule has 37 heavy (non-hydrogen) atoms. The van der Waals surface area contributed by atoms with E-state index in [1.807, 2.05) is 6.07 Å². The molecule has 2 aliphatic rings. The number of anilines is 2. The first-order chi connectivity index (χ1) is 18.1. The van der Waals surface area contributed by atoms with E-state index in [2.05, 4.69) is 107 Å². The van der Waals surface area contributed by atoms with Gasteiger partial charge in [-0.25, -0.2) is 0 Å². The number of aromatic nitrogens is 2. The van der Waals surface area contributed by atoms with Crippen LogP contribution in [0.25, 0.3) is 27.3 Å². The molecule has 0 N–H and O–H groups in total. The number of thioether (sulfide) groups is 2. The van der Waals surface area contributed by atoms with E-state index in [4.69, 9.17) is 9.72 Å². The van der Waals surface area contributed by atoms with Gasteiger partial charge in [0.1, 0.15) is 11.4 Å². The zero-order valence-electron chi connectivity index (χ0n) is 20.5. The van der Waals surface area contributed by atoms with Crippen molar-refractivity contribution in [3.05, 3.63) is 94.2 Å². The maximum Gasteiger partial charge on any atom is 0.389 e. The number of thiazole rings is 1. The Kier molecular flexibility index (Phi) is 5.42. The summed E-state index contributed by atoms with van der Waals surface area (Å²) >= 11 is 5.27. The first-order valence-corrected chi connectivity index (χ1v) is 14.3. The fraction of sp³-hybridized carbons (Fsp3) is 0.103. The minimum absolute atomic E-state index is 0.852. The van der Waals surface area contributed by atoms with E-state index in [-0.39, 0.29) is 0 Å². The number of hydrogen-bond acceptors (Lipinski definition) is 7. The predicted molar refractivity (Wildman–Crippen MR) is 157 cm³/mol. The van der Waals surface area contributed by atoms with Gasteiger partial charge in [0.25, 0.3) is 0 Å². The highest BCUT2D eigenvalue weighted by Gasteiger charge is 2.26. The van der Waals surface area contributed by atoms with Crippen molar-refractivity contribution in [2.24, 2.45) is 0 Å². The van der Waals surface area contributed by atoms with Crippen molar-refractivity contribution in [2.45, 2.75) is 9.79 Å². The Hall–Kier alpha value is -3.46. The minimum Gasteiger partial charge on any atom is -0.497 e. The standard InChI is InChI=1S/C29H23N4OS3/c1-31-21-8-4-6-10-24(21)35-27(31)15-18-14-19(16-28-32(2)22-9-5-7-11-25(22)36-28)33-23-13-12-20(34-3)17-26(23)37-29(33)30-18/h4-17H,1-3H3/q+1. The molecule has 0 radical (unpaired) electrons. The minimum atomic E-state index is 0.852. The molecule has 0 bridgehead atoms. The van der Waals surface area contributed by atoms with Gasteiger partial charge in [-0.15, -0.1) is 0 Å². The highest BCUT2D eigenvalue weighted by molar-refractivity contribution is 8.04. The van der Waals surface area contributed by atoms with Gasteiger partial charge in [-0.1, -0.05) is 47.8 Å².